The third-order valence-corrected chi connectivity index (χ3v) is 3.68. The van der Waals surface area contributed by atoms with Gasteiger partial charge in [0.2, 0.25) is 0 Å². The van der Waals surface area contributed by atoms with E-state index in [9.17, 15) is 0 Å². The van der Waals surface area contributed by atoms with Crippen LogP contribution in [0.2, 0.25) is 0 Å². The van der Waals surface area contributed by atoms with Crippen molar-refractivity contribution in [2.45, 2.75) is 51.5 Å². The van der Waals surface area contributed by atoms with Crippen molar-refractivity contribution in [1.82, 2.24) is 10.2 Å². The predicted octanol–water partition coefficient (Wildman–Crippen LogP) is 2.25. The van der Waals surface area contributed by atoms with Crippen molar-refractivity contribution in [2.75, 3.05) is 26.2 Å². The van der Waals surface area contributed by atoms with Crippen LogP contribution in [0.1, 0.15) is 45.4 Å². The summed E-state index contributed by atoms with van der Waals surface area (Å²) >= 11 is 0. The van der Waals surface area contributed by atoms with E-state index >= 15 is 0 Å². The van der Waals surface area contributed by atoms with E-state index in [-0.39, 0.29) is 0 Å². The molecule has 0 amide bonds. The third-order valence-electron chi connectivity index (χ3n) is 3.68. The first-order chi connectivity index (χ1) is 7.38. The number of hydrogen-bond donors (Lipinski definition) is 1. The minimum Gasteiger partial charge on any atom is -0.313 e. The summed E-state index contributed by atoms with van der Waals surface area (Å²) in [4.78, 5) is 2.71. The lowest BCUT2D eigenvalue weighted by Crippen LogP contribution is -2.39. The maximum Gasteiger partial charge on any atom is 0.0195 e. The van der Waals surface area contributed by atoms with Crippen LogP contribution >= 0.6 is 0 Å². The van der Waals surface area contributed by atoms with Gasteiger partial charge in [0.05, 0.1) is 0 Å². The van der Waals surface area contributed by atoms with E-state index in [2.05, 4.69) is 17.1 Å². The zero-order valence-corrected chi connectivity index (χ0v) is 10.2. The van der Waals surface area contributed by atoms with Gasteiger partial charge in [-0.1, -0.05) is 13.3 Å². The Morgan fingerprint density at radius 1 is 1.20 bits per heavy atom. The smallest absolute Gasteiger partial charge is 0.0195 e. The number of rotatable bonds is 7. The highest BCUT2D eigenvalue weighted by Crippen LogP contribution is 2.30. The average molecular weight is 210 g/mol. The highest BCUT2D eigenvalue weighted by atomic mass is 15.2. The van der Waals surface area contributed by atoms with E-state index in [1.54, 1.807) is 0 Å². The van der Waals surface area contributed by atoms with E-state index in [1.807, 2.05) is 0 Å². The predicted molar refractivity (Wildman–Crippen MR) is 65.1 cm³/mol. The number of nitrogens with zero attached hydrogens (tertiary/aromatic N) is 1. The minimum atomic E-state index is 0.792. The summed E-state index contributed by atoms with van der Waals surface area (Å²) in [5, 5.41) is 3.62. The summed E-state index contributed by atoms with van der Waals surface area (Å²) in [5.74, 6) is 1.04. The monoisotopic (exact) mass is 210 g/mol. The molecule has 0 aromatic rings. The van der Waals surface area contributed by atoms with E-state index < -0.39 is 0 Å². The first-order valence-electron chi connectivity index (χ1n) is 6.84. The second-order valence-electron chi connectivity index (χ2n) is 5.35. The molecule has 2 fully saturated rings. The molecule has 1 saturated heterocycles. The third kappa shape index (κ3) is 4.12. The molecule has 2 nitrogen and oxygen atoms in total. The fraction of sp³-hybridized carbons (Fsp3) is 1.00. The van der Waals surface area contributed by atoms with Gasteiger partial charge in [-0.25, -0.2) is 0 Å². The quantitative estimate of drug-likeness (QED) is 0.693. The highest BCUT2D eigenvalue weighted by molar-refractivity contribution is 4.82. The molecule has 2 heteroatoms. The summed E-state index contributed by atoms with van der Waals surface area (Å²) in [6.45, 7) is 7.54. The van der Waals surface area contributed by atoms with Gasteiger partial charge in [-0.3, -0.25) is 0 Å². The minimum absolute atomic E-state index is 0.792. The summed E-state index contributed by atoms with van der Waals surface area (Å²) in [6.07, 6.45) is 8.46. The molecule has 0 radical (unpaired) electrons. The van der Waals surface area contributed by atoms with Gasteiger partial charge in [0.25, 0.3) is 0 Å². The van der Waals surface area contributed by atoms with Crippen molar-refractivity contribution in [1.29, 1.82) is 0 Å². The van der Waals surface area contributed by atoms with Gasteiger partial charge < -0.3 is 10.2 Å². The fourth-order valence-corrected chi connectivity index (χ4v) is 2.53. The van der Waals surface area contributed by atoms with Gasteiger partial charge in [0.1, 0.15) is 0 Å². The lowest BCUT2D eigenvalue weighted by Gasteiger charge is -2.25. The maximum atomic E-state index is 3.62. The average Bonchev–Trinajstić information content (AvgIpc) is 2.90. The van der Waals surface area contributed by atoms with Crippen molar-refractivity contribution in [3.05, 3.63) is 0 Å². The Labute approximate surface area is 94.4 Å². The zero-order valence-electron chi connectivity index (χ0n) is 10.2. The van der Waals surface area contributed by atoms with Crippen LogP contribution in [0, 0.1) is 5.92 Å². The van der Waals surface area contributed by atoms with Gasteiger partial charge in [-0.15, -0.1) is 0 Å². The van der Waals surface area contributed by atoms with Crippen molar-refractivity contribution in [3.8, 4) is 0 Å². The number of hydrogen-bond acceptors (Lipinski definition) is 2. The molecular weight excluding hydrogens is 184 g/mol. The molecule has 1 saturated carbocycles. The molecule has 1 N–H and O–H groups in total. The fourth-order valence-electron chi connectivity index (χ4n) is 2.53. The molecule has 1 atom stereocenters. The summed E-state index contributed by atoms with van der Waals surface area (Å²) in [7, 11) is 0. The van der Waals surface area contributed by atoms with Gasteiger partial charge in [-0.2, -0.15) is 0 Å². The second kappa shape index (κ2) is 5.86. The van der Waals surface area contributed by atoms with Crippen molar-refractivity contribution < 1.29 is 0 Å². The molecule has 1 aliphatic heterocycles. The Morgan fingerprint density at radius 2 is 2.07 bits per heavy atom. The summed E-state index contributed by atoms with van der Waals surface area (Å²) < 4.78 is 0. The van der Waals surface area contributed by atoms with Gasteiger partial charge in [0.15, 0.2) is 0 Å². The lowest BCUT2D eigenvalue weighted by atomic mass is 10.2. The van der Waals surface area contributed by atoms with Crippen LogP contribution in [0.4, 0.5) is 0 Å². The van der Waals surface area contributed by atoms with Crippen LogP contribution in [-0.2, 0) is 0 Å². The van der Waals surface area contributed by atoms with Crippen molar-refractivity contribution >= 4 is 0 Å². The number of nitrogens with one attached hydrogen (secondary N) is 1. The molecular formula is C13H26N2. The van der Waals surface area contributed by atoms with Crippen LogP contribution in [0.3, 0.4) is 0 Å². The van der Waals surface area contributed by atoms with Gasteiger partial charge in [-0.05, 0) is 51.1 Å². The van der Waals surface area contributed by atoms with Gasteiger partial charge >= 0.3 is 0 Å². The molecule has 1 unspecified atom stereocenters. The summed E-state index contributed by atoms with van der Waals surface area (Å²) in [6, 6.07) is 0.792. The van der Waals surface area contributed by atoms with Crippen molar-refractivity contribution in [3.63, 3.8) is 0 Å². The Bertz CT molecular complexity index is 171. The largest absolute Gasteiger partial charge is 0.313 e. The van der Waals surface area contributed by atoms with Crippen LogP contribution in [0.15, 0.2) is 0 Å². The molecule has 0 aromatic heterocycles. The van der Waals surface area contributed by atoms with E-state index in [0.717, 1.165) is 12.0 Å². The number of unbranched alkanes of at least 4 members (excludes halogenated alkanes) is 1. The molecule has 1 heterocycles. The molecule has 15 heavy (non-hydrogen) atoms. The first kappa shape index (κ1) is 11.4. The highest BCUT2D eigenvalue weighted by Gasteiger charge is 2.25. The molecule has 0 bridgehead atoms. The second-order valence-corrected chi connectivity index (χ2v) is 5.35. The van der Waals surface area contributed by atoms with Crippen LogP contribution in [-0.4, -0.2) is 37.1 Å². The van der Waals surface area contributed by atoms with Crippen LogP contribution in [0.25, 0.3) is 0 Å². The van der Waals surface area contributed by atoms with E-state index in [0.29, 0.717) is 0 Å². The normalized spacial score (nSPS) is 26.4. The SMILES string of the molecule is CCCCN(CC1CC1)CC1CCCN1. The standard InChI is InChI=1S/C13H26N2/c1-2-3-9-15(10-12-6-7-12)11-13-5-4-8-14-13/h12-14H,2-11H2,1H3. The van der Waals surface area contributed by atoms with Gasteiger partial charge in [0, 0.05) is 19.1 Å². The van der Waals surface area contributed by atoms with E-state index in [1.165, 1.54) is 64.7 Å². The molecule has 1 aliphatic carbocycles. The Hall–Kier alpha value is -0.0800. The topological polar surface area (TPSA) is 15.3 Å². The first-order valence-corrected chi connectivity index (χ1v) is 6.84. The summed E-state index contributed by atoms with van der Waals surface area (Å²) in [5.41, 5.74) is 0. The molecule has 88 valence electrons. The maximum absolute atomic E-state index is 3.62. The van der Waals surface area contributed by atoms with Crippen LogP contribution < -0.4 is 5.32 Å². The molecule has 0 aromatic carbocycles. The zero-order chi connectivity index (χ0) is 10.5. The molecule has 2 aliphatic rings. The van der Waals surface area contributed by atoms with E-state index in [4.69, 9.17) is 0 Å². The molecule has 2 rings (SSSR count). The Balaban J connectivity index is 1.69. The van der Waals surface area contributed by atoms with Crippen LogP contribution in [0.5, 0.6) is 0 Å². The van der Waals surface area contributed by atoms with Crippen molar-refractivity contribution in [2.24, 2.45) is 5.92 Å². The Kier molecular flexibility index (Phi) is 4.45. The lowest BCUT2D eigenvalue weighted by molar-refractivity contribution is 0.236. The molecule has 0 spiro atoms. The Morgan fingerprint density at radius 3 is 2.67 bits per heavy atom.